The molecule has 0 spiro atoms. The molecule has 0 atom stereocenters. The molecule has 0 unspecified atom stereocenters. The van der Waals surface area contributed by atoms with Crippen LogP contribution in [0.5, 0.6) is 11.5 Å². The third-order valence-electron chi connectivity index (χ3n) is 4.77. The number of aromatic carboxylic acids is 1. The molecular formula is C22H23N3O4S. The molecule has 3 aromatic rings. The number of rotatable bonds is 8. The Bertz CT molecular complexity index is 1050. The number of thiophene rings is 1. The van der Waals surface area contributed by atoms with E-state index >= 15 is 0 Å². The lowest BCUT2D eigenvalue weighted by atomic mass is 10.0. The minimum atomic E-state index is -1.02. The highest BCUT2D eigenvalue weighted by Gasteiger charge is 2.19. The van der Waals surface area contributed by atoms with Gasteiger partial charge in [-0.15, -0.1) is 11.3 Å². The molecular weight excluding hydrogens is 402 g/mol. The molecule has 0 amide bonds. The van der Waals surface area contributed by atoms with E-state index < -0.39 is 5.97 Å². The number of benzene rings is 1. The number of carboxylic acid groups (broad SMARTS) is 1. The van der Waals surface area contributed by atoms with Gasteiger partial charge in [0.25, 0.3) is 0 Å². The quantitative estimate of drug-likeness (QED) is 0.556. The topological polar surface area (TPSA) is 93.6 Å². The molecule has 156 valence electrons. The molecule has 1 aliphatic heterocycles. The molecule has 0 saturated heterocycles. The van der Waals surface area contributed by atoms with Crippen LogP contribution in [0.3, 0.4) is 0 Å². The summed E-state index contributed by atoms with van der Waals surface area (Å²) in [5, 5.41) is 12.7. The number of nitrogens with zero attached hydrogens (tertiary/aromatic N) is 2. The van der Waals surface area contributed by atoms with Gasteiger partial charge in [0.2, 0.25) is 0 Å². The predicted octanol–water partition coefficient (Wildman–Crippen LogP) is 4.28. The van der Waals surface area contributed by atoms with Crippen LogP contribution >= 0.6 is 11.3 Å². The number of anilines is 1. The van der Waals surface area contributed by atoms with Crippen molar-refractivity contribution in [2.75, 3.05) is 25.1 Å². The number of carbonyl (C=O) groups is 1. The van der Waals surface area contributed by atoms with Crippen LogP contribution in [0.2, 0.25) is 0 Å². The number of aromatic nitrogens is 2. The highest BCUT2D eigenvalue weighted by molar-refractivity contribution is 7.17. The lowest BCUT2D eigenvalue weighted by molar-refractivity contribution is 0.0698. The number of aryl methyl sites for hydroxylation is 1. The summed E-state index contributed by atoms with van der Waals surface area (Å²) in [5.74, 6) is 1.50. The van der Waals surface area contributed by atoms with Crippen molar-refractivity contribution in [3.63, 3.8) is 0 Å². The highest BCUT2D eigenvalue weighted by atomic mass is 32.1. The molecule has 30 heavy (non-hydrogen) atoms. The summed E-state index contributed by atoms with van der Waals surface area (Å²) in [6.45, 7) is 3.71. The van der Waals surface area contributed by atoms with Crippen molar-refractivity contribution in [3.05, 3.63) is 52.5 Å². The van der Waals surface area contributed by atoms with Crippen molar-refractivity contribution < 1.29 is 19.4 Å². The second kappa shape index (κ2) is 9.13. The van der Waals surface area contributed by atoms with E-state index in [2.05, 4.69) is 33.5 Å². The van der Waals surface area contributed by atoms with Gasteiger partial charge in [-0.05, 0) is 49.4 Å². The van der Waals surface area contributed by atoms with Crippen LogP contribution in [0.15, 0.2) is 36.5 Å². The standard InChI is InChI=1S/C22H23N3O4S/c1-2-28-17-13-18(30-20(17)22(26)27)21-24-10-8-19(25-21)23-9-7-14-5-6-15-4-3-11-29-16(15)12-14/h5-6,8,10,12-13H,2-4,7,9,11H2,1H3,(H,26,27)(H,23,24,25). The number of hydrogen-bond acceptors (Lipinski definition) is 7. The van der Waals surface area contributed by atoms with Crippen molar-refractivity contribution in [1.82, 2.24) is 9.97 Å². The van der Waals surface area contributed by atoms with Gasteiger partial charge in [-0.25, -0.2) is 14.8 Å². The van der Waals surface area contributed by atoms with Crippen LogP contribution in [-0.4, -0.2) is 40.8 Å². The Morgan fingerprint density at radius 2 is 2.23 bits per heavy atom. The monoisotopic (exact) mass is 425 g/mol. The van der Waals surface area contributed by atoms with Crippen LogP contribution in [0, 0.1) is 0 Å². The molecule has 0 aliphatic carbocycles. The normalized spacial score (nSPS) is 12.7. The molecule has 3 heterocycles. The zero-order valence-electron chi connectivity index (χ0n) is 16.7. The van der Waals surface area contributed by atoms with Gasteiger partial charge in [-0.2, -0.15) is 0 Å². The summed E-state index contributed by atoms with van der Waals surface area (Å²) in [5.41, 5.74) is 2.49. The fraction of sp³-hybridized carbons (Fsp3) is 0.318. The number of ether oxygens (including phenoxy) is 2. The van der Waals surface area contributed by atoms with Crippen molar-refractivity contribution in [2.24, 2.45) is 0 Å². The van der Waals surface area contributed by atoms with Crippen LogP contribution in [0.25, 0.3) is 10.7 Å². The molecule has 0 radical (unpaired) electrons. The first kappa shape index (κ1) is 20.2. The van der Waals surface area contributed by atoms with Gasteiger partial charge in [0, 0.05) is 18.8 Å². The third kappa shape index (κ3) is 4.54. The maximum atomic E-state index is 11.4. The number of nitrogens with one attached hydrogen (secondary N) is 1. The number of fused-ring (bicyclic) bond motifs is 1. The molecule has 2 N–H and O–H groups in total. The zero-order chi connectivity index (χ0) is 20.9. The Kier molecular flexibility index (Phi) is 6.13. The Morgan fingerprint density at radius 1 is 1.33 bits per heavy atom. The summed E-state index contributed by atoms with van der Waals surface area (Å²) in [6, 6.07) is 9.91. The molecule has 7 nitrogen and oxygen atoms in total. The van der Waals surface area contributed by atoms with E-state index in [9.17, 15) is 9.90 Å². The first-order valence-corrected chi connectivity index (χ1v) is 10.8. The van der Waals surface area contributed by atoms with Gasteiger partial charge in [-0.1, -0.05) is 12.1 Å². The second-order valence-corrected chi connectivity index (χ2v) is 7.93. The molecule has 8 heteroatoms. The number of carboxylic acids is 1. The minimum absolute atomic E-state index is 0.156. The van der Waals surface area contributed by atoms with Crippen LogP contribution in [0.4, 0.5) is 5.82 Å². The Labute approximate surface area is 178 Å². The molecule has 0 fully saturated rings. The van der Waals surface area contributed by atoms with Gasteiger partial charge in [0.05, 0.1) is 18.1 Å². The summed E-state index contributed by atoms with van der Waals surface area (Å²) < 4.78 is 11.2. The Hall–Kier alpha value is -3.13. The Balaban J connectivity index is 1.43. The van der Waals surface area contributed by atoms with E-state index in [0.29, 0.717) is 35.4 Å². The molecule has 0 bridgehead atoms. The lowest BCUT2D eigenvalue weighted by Crippen LogP contribution is -2.10. The van der Waals surface area contributed by atoms with Crippen LogP contribution in [0.1, 0.15) is 34.1 Å². The van der Waals surface area contributed by atoms with Crippen LogP contribution in [-0.2, 0) is 12.8 Å². The molecule has 0 saturated carbocycles. The Morgan fingerprint density at radius 3 is 3.07 bits per heavy atom. The van der Waals surface area contributed by atoms with Gasteiger partial charge >= 0.3 is 5.97 Å². The van der Waals surface area contributed by atoms with E-state index in [1.807, 2.05) is 6.92 Å². The smallest absolute Gasteiger partial charge is 0.349 e. The zero-order valence-corrected chi connectivity index (χ0v) is 17.5. The second-order valence-electron chi connectivity index (χ2n) is 6.88. The van der Waals surface area contributed by atoms with Crippen molar-refractivity contribution >= 4 is 23.1 Å². The van der Waals surface area contributed by atoms with Crippen LogP contribution < -0.4 is 14.8 Å². The minimum Gasteiger partial charge on any atom is -0.493 e. The van der Waals surface area contributed by atoms with E-state index in [4.69, 9.17) is 9.47 Å². The number of hydrogen-bond donors (Lipinski definition) is 2. The SMILES string of the molecule is CCOc1cc(-c2nccc(NCCc3ccc4c(c3)OCCC4)n2)sc1C(=O)O. The first-order chi connectivity index (χ1) is 14.6. The summed E-state index contributed by atoms with van der Waals surface area (Å²) >= 11 is 1.11. The third-order valence-corrected chi connectivity index (χ3v) is 5.87. The predicted molar refractivity (Wildman–Crippen MR) is 116 cm³/mol. The fourth-order valence-corrected chi connectivity index (χ4v) is 4.23. The largest absolute Gasteiger partial charge is 0.493 e. The summed E-state index contributed by atoms with van der Waals surface area (Å²) in [4.78, 5) is 21.1. The van der Waals surface area contributed by atoms with Gasteiger partial charge in [0.15, 0.2) is 10.7 Å². The van der Waals surface area contributed by atoms with Crippen molar-refractivity contribution in [3.8, 4) is 22.2 Å². The summed E-state index contributed by atoms with van der Waals surface area (Å²) in [6.07, 6.45) is 4.66. The van der Waals surface area contributed by atoms with E-state index in [1.54, 1.807) is 18.3 Å². The average Bonchev–Trinajstić information content (AvgIpc) is 3.19. The van der Waals surface area contributed by atoms with Gasteiger partial charge in [0.1, 0.15) is 17.3 Å². The van der Waals surface area contributed by atoms with Crippen molar-refractivity contribution in [2.45, 2.75) is 26.2 Å². The first-order valence-electron chi connectivity index (χ1n) is 9.96. The maximum Gasteiger partial charge on any atom is 0.349 e. The molecule has 2 aromatic heterocycles. The average molecular weight is 426 g/mol. The highest BCUT2D eigenvalue weighted by Crippen LogP contribution is 2.35. The van der Waals surface area contributed by atoms with Gasteiger partial charge in [-0.3, -0.25) is 0 Å². The van der Waals surface area contributed by atoms with E-state index in [-0.39, 0.29) is 4.88 Å². The van der Waals surface area contributed by atoms with E-state index in [0.717, 1.165) is 43.0 Å². The van der Waals surface area contributed by atoms with Crippen molar-refractivity contribution in [1.29, 1.82) is 0 Å². The van der Waals surface area contributed by atoms with Gasteiger partial charge < -0.3 is 19.9 Å². The summed E-state index contributed by atoms with van der Waals surface area (Å²) in [7, 11) is 0. The maximum absolute atomic E-state index is 11.4. The lowest BCUT2D eigenvalue weighted by Gasteiger charge is -2.18. The molecule has 1 aromatic carbocycles. The molecule has 4 rings (SSSR count). The fourth-order valence-electron chi connectivity index (χ4n) is 3.35. The molecule has 1 aliphatic rings. The van der Waals surface area contributed by atoms with E-state index in [1.165, 1.54) is 11.1 Å².